The summed E-state index contributed by atoms with van der Waals surface area (Å²) in [6, 6.07) is 0.442. The Hall–Kier alpha value is -1.52. The molecule has 0 amide bonds. The van der Waals surface area contributed by atoms with Crippen LogP contribution in [0.2, 0.25) is 0 Å². The Morgan fingerprint density at radius 1 is 1.14 bits per heavy atom. The Morgan fingerprint density at radius 3 is 2.36 bits per heavy atom. The van der Waals surface area contributed by atoms with Crippen molar-refractivity contribution in [3.8, 4) is 5.75 Å². The normalized spacial score (nSPS) is 10.0. The summed E-state index contributed by atoms with van der Waals surface area (Å²) in [5.74, 6) is -7.47. The molecule has 1 rings (SSSR count). The van der Waals surface area contributed by atoms with Crippen LogP contribution in [0.1, 0.15) is 0 Å². The predicted octanol–water partition coefficient (Wildman–Crippen LogP) is 2.81. The lowest BCUT2D eigenvalue weighted by Crippen LogP contribution is -2.02. The van der Waals surface area contributed by atoms with Crippen molar-refractivity contribution in [2.24, 2.45) is 0 Å². The summed E-state index contributed by atoms with van der Waals surface area (Å²) in [6.07, 6.45) is 1.26. The van der Waals surface area contributed by atoms with Crippen LogP contribution in [0.4, 0.5) is 17.6 Å². The maximum atomic E-state index is 12.8. The maximum absolute atomic E-state index is 12.8. The molecule has 14 heavy (non-hydrogen) atoms. The van der Waals surface area contributed by atoms with Gasteiger partial charge in [0.25, 0.3) is 0 Å². The van der Waals surface area contributed by atoms with Crippen LogP contribution in [-0.4, -0.2) is 6.61 Å². The SMILES string of the molecule is C=CCOc1cc(F)c(F)c(F)c1F. The minimum absolute atomic E-state index is 0.124. The quantitative estimate of drug-likeness (QED) is 0.320. The van der Waals surface area contributed by atoms with Gasteiger partial charge >= 0.3 is 0 Å². The fourth-order valence-corrected chi connectivity index (χ4v) is 0.805. The van der Waals surface area contributed by atoms with E-state index in [9.17, 15) is 17.6 Å². The van der Waals surface area contributed by atoms with E-state index < -0.39 is 29.0 Å². The van der Waals surface area contributed by atoms with Gasteiger partial charge in [0.1, 0.15) is 6.61 Å². The third-order valence-corrected chi connectivity index (χ3v) is 1.43. The van der Waals surface area contributed by atoms with Gasteiger partial charge in [0, 0.05) is 6.07 Å². The standard InChI is InChI=1S/C9H6F4O/c1-2-3-14-6-4-5(10)7(11)9(13)8(6)12/h2,4H,1,3H2. The molecule has 0 aliphatic heterocycles. The zero-order chi connectivity index (χ0) is 10.7. The van der Waals surface area contributed by atoms with E-state index in [1.807, 2.05) is 0 Å². The molecule has 0 fully saturated rings. The van der Waals surface area contributed by atoms with Crippen LogP contribution in [0.3, 0.4) is 0 Å². The highest BCUT2D eigenvalue weighted by Gasteiger charge is 2.19. The fraction of sp³-hybridized carbons (Fsp3) is 0.111. The van der Waals surface area contributed by atoms with Gasteiger partial charge < -0.3 is 4.74 Å². The predicted molar refractivity (Wildman–Crippen MR) is 42.0 cm³/mol. The monoisotopic (exact) mass is 206 g/mol. The van der Waals surface area contributed by atoms with E-state index in [0.29, 0.717) is 6.07 Å². The van der Waals surface area contributed by atoms with Gasteiger partial charge in [0.15, 0.2) is 17.4 Å². The van der Waals surface area contributed by atoms with Gasteiger partial charge in [-0.15, -0.1) is 0 Å². The van der Waals surface area contributed by atoms with Crippen LogP contribution < -0.4 is 4.74 Å². The van der Waals surface area contributed by atoms with Crippen LogP contribution in [-0.2, 0) is 0 Å². The average molecular weight is 206 g/mol. The molecule has 5 heteroatoms. The maximum Gasteiger partial charge on any atom is 0.203 e. The van der Waals surface area contributed by atoms with Crippen LogP contribution in [0.15, 0.2) is 18.7 Å². The number of ether oxygens (including phenoxy) is 1. The highest BCUT2D eigenvalue weighted by Crippen LogP contribution is 2.24. The molecule has 0 unspecified atom stereocenters. The third-order valence-electron chi connectivity index (χ3n) is 1.43. The Bertz CT molecular complexity index is 362. The van der Waals surface area contributed by atoms with Crippen molar-refractivity contribution in [3.05, 3.63) is 42.0 Å². The lowest BCUT2D eigenvalue weighted by Gasteiger charge is -2.05. The molecule has 0 N–H and O–H groups in total. The van der Waals surface area contributed by atoms with E-state index in [1.165, 1.54) is 6.08 Å². The molecule has 1 aromatic carbocycles. The van der Waals surface area contributed by atoms with E-state index in [4.69, 9.17) is 0 Å². The van der Waals surface area contributed by atoms with Crippen LogP contribution in [0, 0.1) is 23.3 Å². The number of hydrogen-bond donors (Lipinski definition) is 0. The second-order valence-corrected chi connectivity index (χ2v) is 2.40. The molecule has 0 aromatic heterocycles. The summed E-state index contributed by atoms with van der Waals surface area (Å²) in [5.41, 5.74) is 0. The number of benzene rings is 1. The van der Waals surface area contributed by atoms with Gasteiger partial charge in [-0.3, -0.25) is 0 Å². The van der Waals surface area contributed by atoms with Gasteiger partial charge in [-0.05, 0) is 0 Å². The first-order chi connectivity index (χ1) is 6.57. The molecule has 1 nitrogen and oxygen atoms in total. The first-order valence-corrected chi connectivity index (χ1v) is 3.64. The van der Waals surface area contributed by atoms with E-state index in [2.05, 4.69) is 11.3 Å². The van der Waals surface area contributed by atoms with Gasteiger partial charge in [0.2, 0.25) is 11.6 Å². The largest absolute Gasteiger partial charge is 0.486 e. The molecule has 76 valence electrons. The minimum Gasteiger partial charge on any atom is -0.486 e. The van der Waals surface area contributed by atoms with E-state index >= 15 is 0 Å². The molecule has 0 radical (unpaired) electrons. The van der Waals surface area contributed by atoms with Crippen molar-refractivity contribution < 1.29 is 22.3 Å². The molecule has 0 aliphatic rings. The summed E-state index contributed by atoms with van der Waals surface area (Å²) in [7, 11) is 0. The molecular formula is C9H6F4O. The summed E-state index contributed by atoms with van der Waals surface area (Å²) < 4.78 is 55.0. The highest BCUT2D eigenvalue weighted by molar-refractivity contribution is 5.27. The number of halogens is 4. The van der Waals surface area contributed by atoms with Crippen molar-refractivity contribution in [2.75, 3.05) is 6.61 Å². The van der Waals surface area contributed by atoms with Gasteiger partial charge in [-0.1, -0.05) is 12.7 Å². The zero-order valence-corrected chi connectivity index (χ0v) is 6.99. The first kappa shape index (κ1) is 10.6. The zero-order valence-electron chi connectivity index (χ0n) is 6.99. The Kier molecular flexibility index (Phi) is 3.11. The Labute approximate surface area is 77.6 Å². The average Bonchev–Trinajstić information content (AvgIpc) is 2.18. The molecule has 0 heterocycles. The molecule has 0 spiro atoms. The first-order valence-electron chi connectivity index (χ1n) is 3.64. The lowest BCUT2D eigenvalue weighted by atomic mass is 10.3. The van der Waals surface area contributed by atoms with E-state index in [-0.39, 0.29) is 6.61 Å². The van der Waals surface area contributed by atoms with Gasteiger partial charge in [-0.25, -0.2) is 13.2 Å². The van der Waals surface area contributed by atoms with Crippen LogP contribution >= 0.6 is 0 Å². The molecular weight excluding hydrogens is 200 g/mol. The highest BCUT2D eigenvalue weighted by atomic mass is 19.2. The molecule has 1 aromatic rings. The number of hydrogen-bond acceptors (Lipinski definition) is 1. The van der Waals surface area contributed by atoms with E-state index in [0.717, 1.165) is 0 Å². The smallest absolute Gasteiger partial charge is 0.203 e. The van der Waals surface area contributed by atoms with Crippen molar-refractivity contribution in [1.29, 1.82) is 0 Å². The van der Waals surface area contributed by atoms with Gasteiger partial charge in [0.05, 0.1) is 0 Å². The molecule has 0 bridgehead atoms. The molecule has 0 aliphatic carbocycles. The van der Waals surface area contributed by atoms with Crippen molar-refractivity contribution >= 4 is 0 Å². The summed E-state index contributed by atoms with van der Waals surface area (Å²) in [5, 5.41) is 0. The third kappa shape index (κ3) is 1.86. The fourth-order valence-electron chi connectivity index (χ4n) is 0.805. The van der Waals surface area contributed by atoms with Crippen molar-refractivity contribution in [3.63, 3.8) is 0 Å². The van der Waals surface area contributed by atoms with Crippen LogP contribution in [0.5, 0.6) is 5.75 Å². The second-order valence-electron chi connectivity index (χ2n) is 2.40. The summed E-state index contributed by atoms with van der Waals surface area (Å²) in [4.78, 5) is 0. The molecule has 0 saturated heterocycles. The molecule has 0 saturated carbocycles. The second kappa shape index (κ2) is 4.13. The topological polar surface area (TPSA) is 9.23 Å². The van der Waals surface area contributed by atoms with Crippen molar-refractivity contribution in [1.82, 2.24) is 0 Å². The van der Waals surface area contributed by atoms with Crippen molar-refractivity contribution in [2.45, 2.75) is 0 Å². The van der Waals surface area contributed by atoms with Crippen LogP contribution in [0.25, 0.3) is 0 Å². The minimum atomic E-state index is -1.89. The summed E-state index contributed by atoms with van der Waals surface area (Å²) >= 11 is 0. The van der Waals surface area contributed by atoms with Gasteiger partial charge in [-0.2, -0.15) is 4.39 Å². The Morgan fingerprint density at radius 2 is 1.79 bits per heavy atom. The number of rotatable bonds is 3. The Balaban J connectivity index is 3.12. The summed E-state index contributed by atoms with van der Waals surface area (Å²) in [6.45, 7) is 3.14. The lowest BCUT2D eigenvalue weighted by molar-refractivity contribution is 0.317. The molecule has 0 atom stereocenters. The van der Waals surface area contributed by atoms with E-state index in [1.54, 1.807) is 0 Å².